The first-order chi connectivity index (χ1) is 9.96. The van der Waals surface area contributed by atoms with Crippen LogP contribution in [0.25, 0.3) is 0 Å². The van der Waals surface area contributed by atoms with E-state index in [4.69, 9.17) is 0 Å². The summed E-state index contributed by atoms with van der Waals surface area (Å²) in [5.74, 6) is 0.620. The van der Waals surface area contributed by atoms with Gasteiger partial charge >= 0.3 is 0 Å². The molecule has 0 spiro atoms. The second-order valence-electron chi connectivity index (χ2n) is 6.15. The van der Waals surface area contributed by atoms with E-state index in [9.17, 15) is 13.5 Å². The van der Waals surface area contributed by atoms with Gasteiger partial charge in [0.05, 0.1) is 0 Å². The van der Waals surface area contributed by atoms with Crippen molar-refractivity contribution in [2.45, 2.75) is 32.7 Å². The Kier molecular flexibility index (Phi) is 3.94. The van der Waals surface area contributed by atoms with Crippen LogP contribution in [0.4, 0.5) is 0 Å². The maximum atomic E-state index is 12.8. The largest absolute Gasteiger partial charge is 0.508 e. The van der Waals surface area contributed by atoms with E-state index in [0.29, 0.717) is 38.5 Å². The molecule has 2 aliphatic heterocycles. The first-order valence-corrected chi connectivity index (χ1v) is 8.92. The molecule has 6 heteroatoms. The Morgan fingerprint density at radius 3 is 2.76 bits per heavy atom. The van der Waals surface area contributed by atoms with Crippen molar-refractivity contribution in [2.24, 2.45) is 5.92 Å². The number of phenols is 1. The lowest BCUT2D eigenvalue weighted by Crippen LogP contribution is -2.49. The fourth-order valence-electron chi connectivity index (χ4n) is 3.23. The number of hydrogen-bond donors (Lipinski definition) is 1. The van der Waals surface area contributed by atoms with Crippen molar-refractivity contribution in [3.63, 3.8) is 0 Å². The number of rotatable bonds is 2. The first kappa shape index (κ1) is 14.8. The molecule has 116 valence electrons. The molecule has 1 atom stereocenters. The van der Waals surface area contributed by atoms with Gasteiger partial charge in [-0.2, -0.15) is 17.0 Å². The lowest BCUT2D eigenvalue weighted by atomic mass is 10.0. The second kappa shape index (κ2) is 5.59. The first-order valence-electron chi connectivity index (χ1n) is 7.53. The van der Waals surface area contributed by atoms with E-state index < -0.39 is 10.2 Å². The molecule has 1 unspecified atom stereocenters. The highest BCUT2D eigenvalue weighted by atomic mass is 32.2. The van der Waals surface area contributed by atoms with Crippen LogP contribution in [-0.4, -0.2) is 41.8 Å². The number of aromatic hydroxyl groups is 1. The van der Waals surface area contributed by atoms with Crippen molar-refractivity contribution in [3.8, 4) is 5.75 Å². The van der Waals surface area contributed by atoms with E-state index in [1.807, 2.05) is 6.07 Å². The fourth-order valence-corrected chi connectivity index (χ4v) is 4.99. The molecule has 2 aliphatic rings. The molecule has 1 fully saturated rings. The highest BCUT2D eigenvalue weighted by Crippen LogP contribution is 2.27. The highest BCUT2D eigenvalue weighted by Gasteiger charge is 2.34. The average Bonchev–Trinajstić information content (AvgIpc) is 2.46. The lowest BCUT2D eigenvalue weighted by molar-refractivity contribution is 0.253. The zero-order chi connectivity index (χ0) is 15.0. The predicted octanol–water partition coefficient (Wildman–Crippen LogP) is 1.73. The van der Waals surface area contributed by atoms with Crippen LogP contribution in [-0.2, 0) is 23.2 Å². The third-order valence-corrected chi connectivity index (χ3v) is 6.39. The minimum Gasteiger partial charge on any atom is -0.508 e. The molecule has 0 amide bonds. The van der Waals surface area contributed by atoms with Crippen LogP contribution in [0.2, 0.25) is 0 Å². The third-order valence-electron chi connectivity index (χ3n) is 4.44. The summed E-state index contributed by atoms with van der Waals surface area (Å²) in [7, 11) is -3.39. The molecule has 0 aromatic heterocycles. The summed E-state index contributed by atoms with van der Waals surface area (Å²) in [6, 6.07) is 5.22. The SMILES string of the molecule is CC1CCCN(S(=O)(=O)N2CCc3ccc(O)cc3C2)C1. The molecule has 1 N–H and O–H groups in total. The number of piperidine rings is 1. The fraction of sp³-hybridized carbons (Fsp3) is 0.600. The summed E-state index contributed by atoms with van der Waals surface area (Å²) in [6.45, 7) is 4.22. The maximum Gasteiger partial charge on any atom is 0.282 e. The zero-order valence-electron chi connectivity index (χ0n) is 12.3. The Labute approximate surface area is 126 Å². The molecule has 1 aromatic carbocycles. The summed E-state index contributed by atoms with van der Waals surface area (Å²) in [5, 5.41) is 9.58. The van der Waals surface area contributed by atoms with Gasteiger partial charge < -0.3 is 5.11 Å². The minimum absolute atomic E-state index is 0.194. The number of benzene rings is 1. The minimum atomic E-state index is -3.39. The molecule has 3 rings (SSSR count). The average molecular weight is 310 g/mol. The Hall–Kier alpha value is -1.11. The standard InChI is InChI=1S/C15H22N2O3S/c1-12-3-2-7-16(10-12)21(19,20)17-8-6-13-4-5-15(18)9-14(13)11-17/h4-5,9,12,18H,2-3,6-8,10-11H2,1H3. The molecule has 0 radical (unpaired) electrons. The molecule has 1 saturated heterocycles. The summed E-state index contributed by atoms with van der Waals surface area (Å²) < 4.78 is 28.7. The molecule has 0 aliphatic carbocycles. The molecule has 0 bridgehead atoms. The van der Waals surface area contributed by atoms with Gasteiger partial charge in [0.1, 0.15) is 5.75 Å². The van der Waals surface area contributed by atoms with Crippen molar-refractivity contribution in [3.05, 3.63) is 29.3 Å². The van der Waals surface area contributed by atoms with Crippen molar-refractivity contribution in [1.82, 2.24) is 8.61 Å². The molecule has 2 heterocycles. The van der Waals surface area contributed by atoms with Crippen LogP contribution in [0, 0.1) is 5.92 Å². The molecular formula is C15H22N2O3S. The summed E-state index contributed by atoms with van der Waals surface area (Å²) in [6.07, 6.45) is 2.74. The number of fused-ring (bicyclic) bond motifs is 1. The monoisotopic (exact) mass is 310 g/mol. The van der Waals surface area contributed by atoms with Gasteiger partial charge in [0, 0.05) is 26.2 Å². The normalized spacial score (nSPS) is 24.7. The van der Waals surface area contributed by atoms with Crippen LogP contribution in [0.15, 0.2) is 18.2 Å². The van der Waals surface area contributed by atoms with Crippen LogP contribution >= 0.6 is 0 Å². The van der Waals surface area contributed by atoms with Gasteiger partial charge in [-0.15, -0.1) is 0 Å². The number of hydrogen-bond acceptors (Lipinski definition) is 3. The van der Waals surface area contributed by atoms with Gasteiger partial charge in [0.25, 0.3) is 10.2 Å². The smallest absolute Gasteiger partial charge is 0.282 e. The van der Waals surface area contributed by atoms with Crippen LogP contribution < -0.4 is 0 Å². The van der Waals surface area contributed by atoms with E-state index in [2.05, 4.69) is 6.92 Å². The summed E-state index contributed by atoms with van der Waals surface area (Å²) in [5.41, 5.74) is 2.04. The Morgan fingerprint density at radius 2 is 2.00 bits per heavy atom. The van der Waals surface area contributed by atoms with Crippen molar-refractivity contribution in [1.29, 1.82) is 0 Å². The molecule has 21 heavy (non-hydrogen) atoms. The third kappa shape index (κ3) is 2.93. The van der Waals surface area contributed by atoms with Gasteiger partial charge in [-0.25, -0.2) is 0 Å². The van der Waals surface area contributed by atoms with E-state index >= 15 is 0 Å². The van der Waals surface area contributed by atoms with Crippen molar-refractivity contribution in [2.75, 3.05) is 19.6 Å². The maximum absolute atomic E-state index is 12.8. The van der Waals surface area contributed by atoms with E-state index in [1.54, 1.807) is 20.7 Å². The number of nitrogens with zero attached hydrogens (tertiary/aromatic N) is 2. The van der Waals surface area contributed by atoms with E-state index in [1.165, 1.54) is 0 Å². The Morgan fingerprint density at radius 1 is 1.19 bits per heavy atom. The Balaban J connectivity index is 1.81. The predicted molar refractivity (Wildman–Crippen MR) is 81.1 cm³/mol. The van der Waals surface area contributed by atoms with Gasteiger partial charge in [-0.05, 0) is 48.4 Å². The number of phenolic OH excluding ortho intramolecular Hbond substituents is 1. The Bertz CT molecular complexity index is 630. The van der Waals surface area contributed by atoms with Crippen LogP contribution in [0.3, 0.4) is 0 Å². The zero-order valence-corrected chi connectivity index (χ0v) is 13.1. The second-order valence-corrected chi connectivity index (χ2v) is 8.08. The summed E-state index contributed by atoms with van der Waals surface area (Å²) >= 11 is 0. The highest BCUT2D eigenvalue weighted by molar-refractivity contribution is 7.86. The van der Waals surface area contributed by atoms with E-state index in [-0.39, 0.29) is 5.75 Å². The van der Waals surface area contributed by atoms with Crippen LogP contribution in [0.1, 0.15) is 30.9 Å². The van der Waals surface area contributed by atoms with E-state index in [0.717, 1.165) is 24.0 Å². The lowest BCUT2D eigenvalue weighted by Gasteiger charge is -2.36. The van der Waals surface area contributed by atoms with Gasteiger partial charge in [-0.3, -0.25) is 0 Å². The summed E-state index contributed by atoms with van der Waals surface area (Å²) in [4.78, 5) is 0. The molecular weight excluding hydrogens is 288 g/mol. The molecule has 0 saturated carbocycles. The van der Waals surface area contributed by atoms with Gasteiger partial charge in [0.2, 0.25) is 0 Å². The van der Waals surface area contributed by atoms with Crippen molar-refractivity contribution < 1.29 is 13.5 Å². The van der Waals surface area contributed by atoms with Gasteiger partial charge in [0.15, 0.2) is 0 Å². The topological polar surface area (TPSA) is 60.9 Å². The van der Waals surface area contributed by atoms with Gasteiger partial charge in [-0.1, -0.05) is 13.0 Å². The van der Waals surface area contributed by atoms with Crippen molar-refractivity contribution >= 4 is 10.2 Å². The molecule has 1 aromatic rings. The van der Waals surface area contributed by atoms with Crippen LogP contribution in [0.5, 0.6) is 5.75 Å². The quantitative estimate of drug-likeness (QED) is 0.905. The molecule has 5 nitrogen and oxygen atoms in total.